The lowest BCUT2D eigenvalue weighted by Crippen LogP contribution is -2.26. The van der Waals surface area contributed by atoms with Crippen molar-refractivity contribution in [3.63, 3.8) is 0 Å². The summed E-state index contributed by atoms with van der Waals surface area (Å²) >= 11 is 1.36. The summed E-state index contributed by atoms with van der Waals surface area (Å²) in [5.41, 5.74) is 1.35. The Labute approximate surface area is 155 Å². The molecule has 0 aliphatic heterocycles. The second-order valence-electron chi connectivity index (χ2n) is 5.72. The van der Waals surface area contributed by atoms with E-state index in [0.29, 0.717) is 10.6 Å². The highest BCUT2D eigenvalue weighted by Crippen LogP contribution is 2.39. The minimum absolute atomic E-state index is 0.0196. The zero-order valence-electron chi connectivity index (χ0n) is 14.8. The van der Waals surface area contributed by atoms with Crippen LogP contribution in [0.5, 0.6) is 0 Å². The first kappa shape index (κ1) is 19.9. The van der Waals surface area contributed by atoms with E-state index in [1.54, 1.807) is 6.92 Å². The third-order valence-electron chi connectivity index (χ3n) is 3.72. The van der Waals surface area contributed by atoms with Crippen LogP contribution in [-0.4, -0.2) is 43.5 Å². The Kier molecular flexibility index (Phi) is 7.14. The molecule has 1 aliphatic carbocycles. The third kappa shape index (κ3) is 5.29. The van der Waals surface area contributed by atoms with Crippen molar-refractivity contribution < 1.29 is 28.7 Å². The Hall–Kier alpha value is -2.42. The first-order valence-corrected chi connectivity index (χ1v) is 9.25. The molecule has 2 N–H and O–H groups in total. The molecular formula is C17H22N2O6S. The predicted octanol–water partition coefficient (Wildman–Crippen LogP) is 1.42. The number of rotatable bonds is 8. The molecule has 0 radical (unpaired) electrons. The van der Waals surface area contributed by atoms with Crippen molar-refractivity contribution >= 4 is 40.1 Å². The van der Waals surface area contributed by atoms with E-state index in [0.717, 1.165) is 29.7 Å². The molecule has 0 spiro atoms. The second kappa shape index (κ2) is 9.33. The summed E-state index contributed by atoms with van der Waals surface area (Å²) in [6.07, 6.45) is 2.62. The largest absolute Gasteiger partial charge is 0.462 e. The van der Waals surface area contributed by atoms with Crippen molar-refractivity contribution in [3.05, 3.63) is 16.0 Å². The molecule has 0 fully saturated rings. The summed E-state index contributed by atoms with van der Waals surface area (Å²) in [5.74, 6) is -1.81. The number of carbonyl (C=O) groups is 4. The van der Waals surface area contributed by atoms with Gasteiger partial charge in [0.2, 0.25) is 5.91 Å². The minimum atomic E-state index is -0.590. The van der Waals surface area contributed by atoms with Gasteiger partial charge in [-0.05, 0) is 31.7 Å². The number of amides is 2. The predicted molar refractivity (Wildman–Crippen MR) is 95.2 cm³/mol. The van der Waals surface area contributed by atoms with Crippen molar-refractivity contribution in [2.24, 2.45) is 0 Å². The lowest BCUT2D eigenvalue weighted by Gasteiger charge is -2.08. The van der Waals surface area contributed by atoms with Crippen LogP contribution >= 0.6 is 11.3 Å². The van der Waals surface area contributed by atoms with Crippen molar-refractivity contribution in [2.45, 2.75) is 39.5 Å². The van der Waals surface area contributed by atoms with Crippen LogP contribution in [0.4, 0.5) is 5.00 Å². The molecule has 8 nitrogen and oxygen atoms in total. The van der Waals surface area contributed by atoms with Crippen molar-refractivity contribution in [1.29, 1.82) is 0 Å². The SMILES string of the molecule is CCOC(=O)c1c(NC(=O)COC(=O)CCNC(C)=O)sc2c1CCC2. The van der Waals surface area contributed by atoms with E-state index in [4.69, 9.17) is 9.47 Å². The fourth-order valence-corrected chi connectivity index (χ4v) is 3.93. The average molecular weight is 382 g/mol. The zero-order chi connectivity index (χ0) is 19.1. The number of hydrogen-bond donors (Lipinski definition) is 2. The van der Waals surface area contributed by atoms with Crippen molar-refractivity contribution in [2.75, 3.05) is 25.1 Å². The summed E-state index contributed by atoms with van der Waals surface area (Å²) in [6.45, 7) is 3.02. The van der Waals surface area contributed by atoms with Gasteiger partial charge in [-0.25, -0.2) is 4.79 Å². The van der Waals surface area contributed by atoms with E-state index in [9.17, 15) is 19.2 Å². The molecular weight excluding hydrogens is 360 g/mol. The van der Waals surface area contributed by atoms with E-state index in [1.807, 2.05) is 0 Å². The van der Waals surface area contributed by atoms with Crippen LogP contribution in [0.1, 0.15) is 47.5 Å². The number of carbonyl (C=O) groups excluding carboxylic acids is 4. The molecule has 2 amide bonds. The quantitative estimate of drug-likeness (QED) is 0.658. The Morgan fingerprint density at radius 3 is 2.62 bits per heavy atom. The lowest BCUT2D eigenvalue weighted by molar-refractivity contribution is -0.147. The van der Waals surface area contributed by atoms with Crippen molar-refractivity contribution in [1.82, 2.24) is 5.32 Å². The molecule has 1 aromatic rings. The molecule has 1 aromatic heterocycles. The molecule has 1 heterocycles. The lowest BCUT2D eigenvalue weighted by atomic mass is 10.1. The number of aryl methyl sites for hydroxylation is 1. The van der Waals surface area contributed by atoms with Gasteiger partial charge in [0, 0.05) is 18.3 Å². The number of esters is 2. The molecule has 0 bridgehead atoms. The van der Waals surface area contributed by atoms with Crippen LogP contribution in [0.15, 0.2) is 0 Å². The first-order chi connectivity index (χ1) is 12.4. The normalized spacial score (nSPS) is 12.2. The number of anilines is 1. The average Bonchev–Trinajstić information content (AvgIpc) is 3.13. The van der Waals surface area contributed by atoms with Gasteiger partial charge in [-0.3, -0.25) is 14.4 Å². The number of hydrogen-bond acceptors (Lipinski definition) is 7. The monoisotopic (exact) mass is 382 g/mol. The van der Waals surface area contributed by atoms with Crippen LogP contribution in [0, 0.1) is 0 Å². The van der Waals surface area contributed by atoms with Gasteiger partial charge in [-0.1, -0.05) is 0 Å². The second-order valence-corrected chi connectivity index (χ2v) is 6.83. The molecule has 0 saturated carbocycles. The van der Waals surface area contributed by atoms with Crippen molar-refractivity contribution in [3.8, 4) is 0 Å². The summed E-state index contributed by atoms with van der Waals surface area (Å²) < 4.78 is 9.96. The highest BCUT2D eigenvalue weighted by molar-refractivity contribution is 7.17. The summed E-state index contributed by atoms with van der Waals surface area (Å²) in [7, 11) is 0. The van der Waals surface area contributed by atoms with Gasteiger partial charge in [0.05, 0.1) is 18.6 Å². The fourth-order valence-electron chi connectivity index (χ4n) is 2.63. The molecule has 0 unspecified atom stereocenters. The van der Waals surface area contributed by atoms with Gasteiger partial charge in [-0.2, -0.15) is 0 Å². The Bertz CT molecular complexity index is 712. The van der Waals surface area contributed by atoms with Gasteiger partial charge in [0.25, 0.3) is 5.91 Å². The smallest absolute Gasteiger partial charge is 0.341 e. The van der Waals surface area contributed by atoms with Gasteiger partial charge in [0.1, 0.15) is 5.00 Å². The summed E-state index contributed by atoms with van der Waals surface area (Å²) in [6, 6.07) is 0. The number of fused-ring (bicyclic) bond motifs is 1. The Balaban J connectivity index is 1.92. The number of ether oxygens (including phenoxy) is 2. The van der Waals surface area contributed by atoms with E-state index in [-0.39, 0.29) is 25.5 Å². The van der Waals surface area contributed by atoms with Crippen LogP contribution in [-0.2, 0) is 36.7 Å². The van der Waals surface area contributed by atoms with Gasteiger partial charge < -0.3 is 20.1 Å². The Morgan fingerprint density at radius 1 is 1.15 bits per heavy atom. The van der Waals surface area contributed by atoms with Gasteiger partial charge in [0.15, 0.2) is 6.61 Å². The highest BCUT2D eigenvalue weighted by atomic mass is 32.1. The summed E-state index contributed by atoms with van der Waals surface area (Å²) in [5, 5.41) is 5.55. The van der Waals surface area contributed by atoms with E-state index < -0.39 is 24.5 Å². The van der Waals surface area contributed by atoms with E-state index in [1.165, 1.54) is 18.3 Å². The maximum absolute atomic E-state index is 12.2. The summed E-state index contributed by atoms with van der Waals surface area (Å²) in [4.78, 5) is 47.6. The molecule has 0 atom stereocenters. The van der Waals surface area contributed by atoms with Crippen LogP contribution in [0.25, 0.3) is 0 Å². The maximum Gasteiger partial charge on any atom is 0.341 e. The Morgan fingerprint density at radius 2 is 1.92 bits per heavy atom. The molecule has 1 aliphatic rings. The zero-order valence-corrected chi connectivity index (χ0v) is 15.6. The van der Waals surface area contributed by atoms with Gasteiger partial charge in [-0.15, -0.1) is 11.3 Å². The molecule has 0 saturated heterocycles. The standard InChI is InChI=1S/C17H22N2O6S/c1-3-24-17(23)15-11-5-4-6-12(11)26-16(15)19-13(21)9-25-14(22)7-8-18-10(2)20/h3-9H2,1-2H3,(H,18,20)(H,19,21). The minimum Gasteiger partial charge on any atom is -0.462 e. The molecule has 0 aromatic carbocycles. The third-order valence-corrected chi connectivity index (χ3v) is 4.93. The molecule has 9 heteroatoms. The molecule has 142 valence electrons. The van der Waals surface area contributed by atoms with Crippen LogP contribution in [0.2, 0.25) is 0 Å². The number of nitrogens with one attached hydrogen (secondary N) is 2. The number of thiophene rings is 1. The molecule has 2 rings (SSSR count). The van der Waals surface area contributed by atoms with Gasteiger partial charge >= 0.3 is 11.9 Å². The van der Waals surface area contributed by atoms with Crippen LogP contribution < -0.4 is 10.6 Å². The highest BCUT2D eigenvalue weighted by Gasteiger charge is 2.28. The molecule has 26 heavy (non-hydrogen) atoms. The fraction of sp³-hybridized carbons (Fsp3) is 0.529. The van der Waals surface area contributed by atoms with E-state index in [2.05, 4.69) is 10.6 Å². The maximum atomic E-state index is 12.2. The van der Waals surface area contributed by atoms with E-state index >= 15 is 0 Å². The van der Waals surface area contributed by atoms with Crippen LogP contribution in [0.3, 0.4) is 0 Å². The first-order valence-electron chi connectivity index (χ1n) is 8.44. The topological polar surface area (TPSA) is 111 Å².